The number of ether oxygens (including phenoxy) is 1. The highest BCUT2D eigenvalue weighted by Crippen LogP contribution is 2.27. The minimum Gasteiger partial charge on any atom is -0.493 e. The number of carbonyl (C=O) groups excluding carboxylic acids is 1. The van der Waals surface area contributed by atoms with Crippen LogP contribution < -0.4 is 10.1 Å². The van der Waals surface area contributed by atoms with Crippen LogP contribution in [0.3, 0.4) is 0 Å². The molecule has 134 valence electrons. The van der Waals surface area contributed by atoms with E-state index in [4.69, 9.17) is 4.74 Å². The van der Waals surface area contributed by atoms with E-state index in [1.165, 1.54) is 6.33 Å². The van der Waals surface area contributed by atoms with Gasteiger partial charge in [-0.15, -0.1) is 5.10 Å². The number of nitrogens with one attached hydrogen (secondary N) is 1. The maximum absolute atomic E-state index is 12.8. The zero-order valence-electron chi connectivity index (χ0n) is 14.7. The molecule has 0 bridgehead atoms. The molecule has 0 radical (unpaired) electrons. The molecule has 7 nitrogen and oxygen atoms in total. The van der Waals surface area contributed by atoms with Gasteiger partial charge in [0.25, 0.3) is 5.91 Å². The third-order valence-corrected chi connectivity index (χ3v) is 4.13. The topological polar surface area (TPSA) is 81.9 Å². The number of carbonyl (C=O) groups is 1. The van der Waals surface area contributed by atoms with Crippen LogP contribution in [0, 0.1) is 0 Å². The Bertz CT molecular complexity index is 1080. The number of anilines is 1. The van der Waals surface area contributed by atoms with E-state index in [-0.39, 0.29) is 5.91 Å². The van der Waals surface area contributed by atoms with Gasteiger partial charge in [-0.1, -0.05) is 24.3 Å². The maximum atomic E-state index is 12.8. The molecule has 7 heteroatoms. The average Bonchev–Trinajstić information content (AvgIpc) is 3.23. The van der Waals surface area contributed by atoms with Gasteiger partial charge < -0.3 is 10.1 Å². The second kappa shape index (κ2) is 7.25. The van der Waals surface area contributed by atoms with Crippen molar-refractivity contribution in [2.24, 2.45) is 0 Å². The van der Waals surface area contributed by atoms with Crippen molar-refractivity contribution < 1.29 is 9.53 Å². The molecule has 1 heterocycles. The zero-order chi connectivity index (χ0) is 18.6. The predicted octanol–water partition coefficient (Wildman–Crippen LogP) is 3.47. The summed E-state index contributed by atoms with van der Waals surface area (Å²) in [6.07, 6.45) is 1.51. The Kier molecular flexibility index (Phi) is 4.49. The molecular formula is C20H17N5O2. The molecule has 1 N–H and O–H groups in total. The number of rotatable bonds is 5. The van der Waals surface area contributed by atoms with Crippen LogP contribution in [0.4, 0.5) is 5.69 Å². The standard InChI is InChI=1S/C20H17N5O2/c1-2-27-19-12-15-6-4-3-5-14(15)11-18(19)20(26)22-16-7-9-17(10-8-16)25-13-21-23-24-25/h3-13H,2H2,1H3,(H,22,26). The summed E-state index contributed by atoms with van der Waals surface area (Å²) in [5, 5.41) is 16.0. The van der Waals surface area contributed by atoms with Crippen LogP contribution >= 0.6 is 0 Å². The highest BCUT2D eigenvalue weighted by Gasteiger charge is 2.14. The van der Waals surface area contributed by atoms with Gasteiger partial charge in [0.2, 0.25) is 0 Å². The van der Waals surface area contributed by atoms with Crippen LogP contribution in [0.5, 0.6) is 5.75 Å². The first-order valence-electron chi connectivity index (χ1n) is 8.55. The monoisotopic (exact) mass is 359 g/mol. The maximum Gasteiger partial charge on any atom is 0.259 e. The van der Waals surface area contributed by atoms with Crippen LogP contribution in [-0.4, -0.2) is 32.7 Å². The fraction of sp³-hybridized carbons (Fsp3) is 0.100. The smallest absolute Gasteiger partial charge is 0.259 e. The van der Waals surface area contributed by atoms with Crippen LogP contribution in [-0.2, 0) is 0 Å². The number of tetrazole rings is 1. The predicted molar refractivity (Wildman–Crippen MR) is 102 cm³/mol. The van der Waals surface area contributed by atoms with Gasteiger partial charge in [0.1, 0.15) is 12.1 Å². The molecule has 0 unspecified atom stereocenters. The van der Waals surface area contributed by atoms with E-state index in [1.807, 2.05) is 55.5 Å². The Morgan fingerprint density at radius 3 is 2.48 bits per heavy atom. The van der Waals surface area contributed by atoms with Gasteiger partial charge in [0, 0.05) is 5.69 Å². The fourth-order valence-electron chi connectivity index (χ4n) is 2.85. The van der Waals surface area contributed by atoms with Crippen molar-refractivity contribution in [1.29, 1.82) is 0 Å². The molecule has 4 rings (SSSR count). The lowest BCUT2D eigenvalue weighted by atomic mass is 10.1. The van der Waals surface area contributed by atoms with Crippen molar-refractivity contribution in [1.82, 2.24) is 20.2 Å². The fourth-order valence-corrected chi connectivity index (χ4v) is 2.85. The van der Waals surface area contributed by atoms with Crippen LogP contribution in [0.1, 0.15) is 17.3 Å². The largest absolute Gasteiger partial charge is 0.493 e. The highest BCUT2D eigenvalue weighted by atomic mass is 16.5. The molecule has 0 saturated heterocycles. The lowest BCUT2D eigenvalue weighted by Crippen LogP contribution is -2.14. The molecule has 0 saturated carbocycles. The molecule has 0 aliphatic carbocycles. The van der Waals surface area contributed by atoms with Crippen LogP contribution in [0.15, 0.2) is 67.0 Å². The normalized spacial score (nSPS) is 10.7. The molecule has 1 aromatic heterocycles. The second-order valence-corrected chi connectivity index (χ2v) is 5.88. The number of benzene rings is 3. The van der Waals surface area contributed by atoms with E-state index in [9.17, 15) is 4.79 Å². The molecule has 0 spiro atoms. The average molecular weight is 359 g/mol. The van der Waals surface area contributed by atoms with Gasteiger partial charge in [-0.25, -0.2) is 4.68 Å². The molecule has 3 aromatic carbocycles. The molecular weight excluding hydrogens is 342 g/mol. The number of amides is 1. The van der Waals surface area contributed by atoms with Gasteiger partial charge in [-0.2, -0.15) is 0 Å². The van der Waals surface area contributed by atoms with Gasteiger partial charge in [0.15, 0.2) is 0 Å². The summed E-state index contributed by atoms with van der Waals surface area (Å²) < 4.78 is 7.23. The number of aromatic nitrogens is 4. The Labute approximate surface area is 155 Å². The molecule has 0 fully saturated rings. The van der Waals surface area contributed by atoms with Crippen molar-refractivity contribution in [3.8, 4) is 11.4 Å². The molecule has 4 aromatic rings. The van der Waals surface area contributed by atoms with E-state index < -0.39 is 0 Å². The van der Waals surface area contributed by atoms with Crippen molar-refractivity contribution >= 4 is 22.4 Å². The Morgan fingerprint density at radius 1 is 1.07 bits per heavy atom. The summed E-state index contributed by atoms with van der Waals surface area (Å²) in [7, 11) is 0. The number of fused-ring (bicyclic) bond motifs is 1. The number of hydrogen-bond donors (Lipinski definition) is 1. The lowest BCUT2D eigenvalue weighted by Gasteiger charge is -2.12. The number of nitrogens with zero attached hydrogens (tertiary/aromatic N) is 4. The van der Waals surface area contributed by atoms with Crippen LogP contribution in [0.2, 0.25) is 0 Å². The molecule has 27 heavy (non-hydrogen) atoms. The van der Waals surface area contributed by atoms with Gasteiger partial charge >= 0.3 is 0 Å². The van der Waals surface area contributed by atoms with Crippen molar-refractivity contribution in [2.75, 3.05) is 11.9 Å². The van der Waals surface area contributed by atoms with E-state index in [0.29, 0.717) is 23.6 Å². The van der Waals surface area contributed by atoms with Gasteiger partial charge in [0.05, 0.1) is 17.9 Å². The summed E-state index contributed by atoms with van der Waals surface area (Å²) in [6.45, 7) is 2.38. The molecule has 0 atom stereocenters. The van der Waals surface area contributed by atoms with E-state index >= 15 is 0 Å². The Morgan fingerprint density at radius 2 is 1.81 bits per heavy atom. The zero-order valence-corrected chi connectivity index (χ0v) is 14.7. The Balaban J connectivity index is 1.61. The van der Waals surface area contributed by atoms with E-state index in [0.717, 1.165) is 16.5 Å². The molecule has 0 aliphatic rings. The first-order valence-corrected chi connectivity index (χ1v) is 8.55. The van der Waals surface area contributed by atoms with Crippen LogP contribution in [0.25, 0.3) is 16.5 Å². The summed E-state index contributed by atoms with van der Waals surface area (Å²) in [4.78, 5) is 12.8. The molecule has 0 aliphatic heterocycles. The summed E-state index contributed by atoms with van der Waals surface area (Å²) in [6, 6.07) is 18.9. The van der Waals surface area contributed by atoms with Crippen molar-refractivity contribution in [3.05, 3.63) is 72.6 Å². The third kappa shape index (κ3) is 3.48. The molecule has 1 amide bonds. The lowest BCUT2D eigenvalue weighted by molar-refractivity contribution is 0.102. The van der Waals surface area contributed by atoms with Crippen molar-refractivity contribution in [2.45, 2.75) is 6.92 Å². The first kappa shape index (κ1) is 16.7. The highest BCUT2D eigenvalue weighted by molar-refractivity contribution is 6.08. The summed E-state index contributed by atoms with van der Waals surface area (Å²) >= 11 is 0. The third-order valence-electron chi connectivity index (χ3n) is 4.13. The van der Waals surface area contributed by atoms with Gasteiger partial charge in [-0.05, 0) is 64.5 Å². The minimum absolute atomic E-state index is 0.223. The first-order chi connectivity index (χ1) is 13.2. The van der Waals surface area contributed by atoms with E-state index in [1.54, 1.807) is 16.8 Å². The van der Waals surface area contributed by atoms with E-state index in [2.05, 4.69) is 20.8 Å². The Hall–Kier alpha value is -3.74. The SMILES string of the molecule is CCOc1cc2ccccc2cc1C(=O)Nc1ccc(-n2cnnn2)cc1. The van der Waals surface area contributed by atoms with Gasteiger partial charge in [-0.3, -0.25) is 4.79 Å². The number of hydrogen-bond acceptors (Lipinski definition) is 5. The summed E-state index contributed by atoms with van der Waals surface area (Å²) in [5.74, 6) is 0.346. The van der Waals surface area contributed by atoms with Crippen molar-refractivity contribution in [3.63, 3.8) is 0 Å². The quantitative estimate of drug-likeness (QED) is 0.590. The second-order valence-electron chi connectivity index (χ2n) is 5.88. The summed E-state index contributed by atoms with van der Waals surface area (Å²) in [5.41, 5.74) is 1.98. The minimum atomic E-state index is -0.223.